The zero-order chi connectivity index (χ0) is 44.2. The van der Waals surface area contributed by atoms with Crippen LogP contribution in [0, 0.1) is 11.8 Å². The van der Waals surface area contributed by atoms with Crippen molar-refractivity contribution in [3.05, 3.63) is 42.0 Å². The van der Waals surface area contributed by atoms with Crippen molar-refractivity contribution in [2.24, 2.45) is 17.6 Å². The number of likely N-dealkylation sites (N-methyl/N-ethyl adjacent to an activating group) is 3. The standard InChI is InChI=1S/C43H69N7O9/c1-10-29(2)40(49(7)39(55)27-44)35(58-8)26-38(54)50-24-14-16-34(50)41(59-9)30(3)42(56)46-31(4)43(57)48(6)33-21-19-32(20-22-33)28-45-36(52)17-12-11-13-23-47(5)37(53)18-15-25-51/h15,18-22,25,29-31,34-35,40-41H,10-14,16-17,23-24,26-28,44H2,1-9H3,(H,45,52)(H,46,56)/b18-15-/t29?,30?,31-,34?,35?,40?,41?/m0/s1. The normalized spacial score (nSPS) is 17.0. The Bertz CT molecular complexity index is 1570. The van der Waals surface area contributed by atoms with Crippen LogP contribution in [-0.4, -0.2) is 142 Å². The zero-order valence-corrected chi connectivity index (χ0v) is 36.6. The number of allylic oxidation sites excluding steroid dienone is 1. The molecule has 0 aliphatic carbocycles. The highest BCUT2D eigenvalue weighted by Gasteiger charge is 2.42. The van der Waals surface area contributed by atoms with Crippen LogP contribution < -0.4 is 21.3 Å². The van der Waals surface area contributed by atoms with Gasteiger partial charge in [-0.05, 0) is 62.3 Å². The van der Waals surface area contributed by atoms with E-state index in [4.69, 9.17) is 15.2 Å². The van der Waals surface area contributed by atoms with Crippen molar-refractivity contribution in [1.82, 2.24) is 25.3 Å². The van der Waals surface area contributed by atoms with Crippen LogP contribution in [0.1, 0.15) is 84.6 Å². The topological polar surface area (TPSA) is 201 Å². The van der Waals surface area contributed by atoms with Crippen molar-refractivity contribution in [3.63, 3.8) is 0 Å². The van der Waals surface area contributed by atoms with E-state index in [0.717, 1.165) is 37.3 Å². The van der Waals surface area contributed by atoms with Crippen molar-refractivity contribution in [1.29, 1.82) is 0 Å². The van der Waals surface area contributed by atoms with Gasteiger partial charge in [-0.1, -0.05) is 45.7 Å². The third-order valence-electron chi connectivity index (χ3n) is 11.4. The molecule has 4 N–H and O–H groups in total. The number of ether oxygens (including phenoxy) is 2. The highest BCUT2D eigenvalue weighted by Crippen LogP contribution is 2.29. The Hall–Kier alpha value is -4.67. The first kappa shape index (κ1) is 50.5. The average molecular weight is 828 g/mol. The summed E-state index contributed by atoms with van der Waals surface area (Å²) >= 11 is 0. The largest absolute Gasteiger partial charge is 0.379 e. The molecule has 7 atom stereocenters. The molecule has 1 aromatic rings. The van der Waals surface area contributed by atoms with E-state index >= 15 is 0 Å². The molecule has 1 saturated heterocycles. The molecule has 0 spiro atoms. The maximum Gasteiger partial charge on any atom is 0.249 e. The number of hydrogen-bond acceptors (Lipinski definition) is 10. The fraction of sp³-hybridized carbons (Fsp3) is 0.651. The lowest BCUT2D eigenvalue weighted by molar-refractivity contribution is -0.145. The summed E-state index contributed by atoms with van der Waals surface area (Å²) in [7, 11) is 8.04. The maximum absolute atomic E-state index is 13.9. The first-order valence-electron chi connectivity index (χ1n) is 20.7. The number of unbranched alkanes of at least 4 members (excludes halogenated alkanes) is 2. The predicted molar refractivity (Wildman–Crippen MR) is 226 cm³/mol. The van der Waals surface area contributed by atoms with Crippen molar-refractivity contribution in [2.75, 3.05) is 59.9 Å². The number of rotatable bonds is 25. The van der Waals surface area contributed by atoms with Gasteiger partial charge >= 0.3 is 0 Å². The predicted octanol–water partition coefficient (Wildman–Crippen LogP) is 2.42. The Balaban J connectivity index is 1.93. The van der Waals surface area contributed by atoms with Crippen LogP contribution in [0.25, 0.3) is 0 Å². The number of likely N-dealkylation sites (tertiary alicyclic amines) is 1. The number of amides is 6. The van der Waals surface area contributed by atoms with Crippen LogP contribution in [0.3, 0.4) is 0 Å². The second-order valence-corrected chi connectivity index (χ2v) is 15.5. The number of methoxy groups -OCH3 is 2. The van der Waals surface area contributed by atoms with Crippen LogP contribution in [0.4, 0.5) is 5.69 Å². The van der Waals surface area contributed by atoms with Gasteiger partial charge in [-0.15, -0.1) is 0 Å². The van der Waals surface area contributed by atoms with Gasteiger partial charge in [0.1, 0.15) is 12.3 Å². The quantitative estimate of drug-likeness (QED) is 0.0747. The summed E-state index contributed by atoms with van der Waals surface area (Å²) in [6.07, 6.45) is 6.49. The fourth-order valence-corrected chi connectivity index (χ4v) is 7.59. The third-order valence-corrected chi connectivity index (χ3v) is 11.4. The number of aldehydes is 1. The number of benzene rings is 1. The number of carbonyl (C=O) groups excluding carboxylic acids is 7. The van der Waals surface area contributed by atoms with Gasteiger partial charge in [-0.2, -0.15) is 0 Å². The lowest BCUT2D eigenvalue weighted by Gasteiger charge is -2.39. The first-order valence-corrected chi connectivity index (χ1v) is 20.7. The second kappa shape index (κ2) is 25.7. The molecule has 1 aromatic carbocycles. The number of nitrogens with one attached hydrogen (secondary N) is 2. The molecule has 0 saturated carbocycles. The minimum Gasteiger partial charge on any atom is -0.379 e. The Labute approximate surface area is 350 Å². The summed E-state index contributed by atoms with van der Waals surface area (Å²) < 4.78 is 11.7. The van der Waals surface area contributed by atoms with Gasteiger partial charge in [-0.3, -0.25) is 33.6 Å². The van der Waals surface area contributed by atoms with Crippen molar-refractivity contribution >= 4 is 47.4 Å². The molecular weight excluding hydrogens is 759 g/mol. The Morgan fingerprint density at radius 2 is 1.66 bits per heavy atom. The minimum absolute atomic E-state index is 0.0455. The summed E-state index contributed by atoms with van der Waals surface area (Å²) in [5, 5.41) is 5.75. The monoisotopic (exact) mass is 828 g/mol. The van der Waals surface area contributed by atoms with E-state index in [1.54, 1.807) is 56.9 Å². The molecule has 1 fully saturated rings. The molecule has 16 nitrogen and oxygen atoms in total. The lowest BCUT2D eigenvalue weighted by atomic mass is 9.90. The van der Waals surface area contributed by atoms with Crippen molar-refractivity contribution in [3.8, 4) is 0 Å². The minimum atomic E-state index is -0.860. The summed E-state index contributed by atoms with van der Waals surface area (Å²) in [6, 6.07) is 5.61. The summed E-state index contributed by atoms with van der Waals surface area (Å²) in [5.74, 6) is -2.06. The first-order chi connectivity index (χ1) is 28.1. The van der Waals surface area contributed by atoms with Gasteiger partial charge in [0.05, 0.1) is 43.2 Å². The maximum atomic E-state index is 13.9. The van der Waals surface area contributed by atoms with Crippen LogP contribution in [0.15, 0.2) is 36.4 Å². The molecular formula is C43H69N7O9. The SMILES string of the molecule is CCC(C)C(C(CC(=O)N1CCCC1C(OC)C(C)C(=O)N[C@@H](C)C(=O)N(C)c1ccc(CNC(=O)CCCCCN(C)C(=O)/C=C\C=O)cc1)OC)N(C)C(=O)CN. The van der Waals surface area contributed by atoms with E-state index in [-0.39, 0.29) is 66.4 Å². The van der Waals surface area contributed by atoms with E-state index in [0.29, 0.717) is 50.9 Å². The molecule has 330 valence electrons. The van der Waals surface area contributed by atoms with Crippen LogP contribution in [0.2, 0.25) is 0 Å². The van der Waals surface area contributed by atoms with Gasteiger partial charge < -0.3 is 45.4 Å². The second-order valence-electron chi connectivity index (χ2n) is 15.5. The molecule has 6 unspecified atom stereocenters. The summed E-state index contributed by atoms with van der Waals surface area (Å²) in [4.78, 5) is 94.4. The van der Waals surface area contributed by atoms with E-state index in [1.807, 2.05) is 26.0 Å². The smallest absolute Gasteiger partial charge is 0.249 e. The molecule has 0 radical (unpaired) electrons. The molecule has 0 bridgehead atoms. The molecule has 2 rings (SSSR count). The van der Waals surface area contributed by atoms with Gasteiger partial charge in [0.2, 0.25) is 35.4 Å². The fourth-order valence-electron chi connectivity index (χ4n) is 7.59. The highest BCUT2D eigenvalue weighted by molar-refractivity contribution is 5.98. The number of anilines is 1. The van der Waals surface area contributed by atoms with Gasteiger partial charge in [0.15, 0.2) is 0 Å². The molecule has 16 heteroatoms. The van der Waals surface area contributed by atoms with Crippen molar-refractivity contribution in [2.45, 2.75) is 116 Å². The summed E-state index contributed by atoms with van der Waals surface area (Å²) in [5.41, 5.74) is 7.13. The number of nitrogens with zero attached hydrogens (tertiary/aromatic N) is 4. The Morgan fingerprint density at radius 3 is 2.25 bits per heavy atom. The number of hydrogen-bond donors (Lipinski definition) is 3. The van der Waals surface area contributed by atoms with Crippen molar-refractivity contribution < 1.29 is 43.0 Å². The molecule has 6 amide bonds. The van der Waals surface area contributed by atoms with E-state index in [2.05, 4.69) is 10.6 Å². The van der Waals surface area contributed by atoms with Gasteiger partial charge in [0, 0.05) is 73.2 Å². The molecule has 0 aromatic heterocycles. The molecule has 1 heterocycles. The Kier molecular flexibility index (Phi) is 22.0. The molecule has 1 aliphatic rings. The molecule has 59 heavy (non-hydrogen) atoms. The Morgan fingerprint density at radius 1 is 0.983 bits per heavy atom. The third kappa shape index (κ3) is 15.1. The van der Waals surface area contributed by atoms with E-state index in [1.165, 1.54) is 30.1 Å². The molecule has 1 aliphatic heterocycles. The van der Waals surface area contributed by atoms with Crippen LogP contribution in [-0.2, 0) is 49.6 Å². The van der Waals surface area contributed by atoms with Gasteiger partial charge in [-0.25, -0.2) is 0 Å². The summed E-state index contributed by atoms with van der Waals surface area (Å²) in [6.45, 7) is 8.60. The number of nitrogens with two attached hydrogens (primary N) is 1. The lowest BCUT2D eigenvalue weighted by Crippen LogP contribution is -2.54. The van der Waals surface area contributed by atoms with Gasteiger partial charge in [0.25, 0.3) is 0 Å². The highest BCUT2D eigenvalue weighted by atomic mass is 16.5. The van der Waals surface area contributed by atoms with Crippen LogP contribution >= 0.6 is 0 Å². The van der Waals surface area contributed by atoms with E-state index < -0.39 is 24.2 Å². The van der Waals surface area contributed by atoms with E-state index in [9.17, 15) is 33.6 Å². The van der Waals surface area contributed by atoms with Crippen LogP contribution in [0.5, 0.6) is 0 Å². The zero-order valence-electron chi connectivity index (χ0n) is 36.6. The number of carbonyl (C=O) groups is 7. The average Bonchev–Trinajstić information content (AvgIpc) is 3.73.